The van der Waals surface area contributed by atoms with Gasteiger partial charge >= 0.3 is 17.9 Å². The second-order valence-electron chi connectivity index (χ2n) is 14.1. The number of ether oxygens (including phenoxy) is 3. The maximum absolute atomic E-state index is 12.7. The molecule has 0 bridgehead atoms. The van der Waals surface area contributed by atoms with E-state index in [0.717, 1.165) is 0 Å². The number of rotatable bonds is 5. The van der Waals surface area contributed by atoms with Crippen molar-refractivity contribution < 1.29 is 38.8 Å². The monoisotopic (exact) mass is 536 g/mol. The highest BCUT2D eigenvalue weighted by molar-refractivity contribution is 5.75. The second kappa shape index (κ2) is 9.76. The first-order valence-corrected chi connectivity index (χ1v) is 14.5. The highest BCUT2D eigenvalue weighted by Crippen LogP contribution is 2.71. The third-order valence-corrected chi connectivity index (χ3v) is 11.0. The van der Waals surface area contributed by atoms with Crippen LogP contribution in [0.15, 0.2) is 0 Å². The van der Waals surface area contributed by atoms with Crippen LogP contribution in [0.5, 0.6) is 0 Å². The largest absolute Gasteiger partial charge is 0.465 e. The zero-order valence-corrected chi connectivity index (χ0v) is 24.3. The van der Waals surface area contributed by atoms with Crippen LogP contribution in [0.1, 0.15) is 106 Å². The molecule has 216 valence electrons. The quantitative estimate of drug-likeness (QED) is 0.394. The Morgan fingerprint density at radius 2 is 1.63 bits per heavy atom. The zero-order valence-electron chi connectivity index (χ0n) is 24.3. The number of aliphatic hydroxyl groups is 2. The van der Waals surface area contributed by atoms with Crippen molar-refractivity contribution in [1.82, 2.24) is 0 Å². The van der Waals surface area contributed by atoms with E-state index in [-0.39, 0.29) is 54.5 Å². The molecule has 4 aliphatic rings. The number of hydrogen-bond acceptors (Lipinski definition) is 8. The van der Waals surface area contributed by atoms with Gasteiger partial charge in [0.25, 0.3) is 0 Å². The van der Waals surface area contributed by atoms with Crippen LogP contribution in [0.25, 0.3) is 0 Å². The van der Waals surface area contributed by atoms with E-state index in [1.165, 1.54) is 13.8 Å². The van der Waals surface area contributed by atoms with Gasteiger partial charge in [-0.1, -0.05) is 6.92 Å². The van der Waals surface area contributed by atoms with E-state index in [4.69, 9.17) is 14.2 Å². The van der Waals surface area contributed by atoms with E-state index in [0.29, 0.717) is 57.8 Å². The molecule has 4 fully saturated rings. The predicted octanol–water partition coefficient (Wildman–Crippen LogP) is 4.33. The van der Waals surface area contributed by atoms with Crippen LogP contribution in [0, 0.1) is 34.0 Å². The van der Waals surface area contributed by atoms with E-state index >= 15 is 0 Å². The van der Waals surface area contributed by atoms with Crippen LogP contribution in [0.3, 0.4) is 0 Å². The summed E-state index contributed by atoms with van der Waals surface area (Å²) >= 11 is 0. The van der Waals surface area contributed by atoms with Crippen LogP contribution in [-0.2, 0) is 28.6 Å². The number of esters is 3. The predicted molar refractivity (Wildman–Crippen MR) is 140 cm³/mol. The molecule has 0 aromatic heterocycles. The van der Waals surface area contributed by atoms with Gasteiger partial charge in [-0.15, -0.1) is 0 Å². The van der Waals surface area contributed by atoms with Crippen molar-refractivity contribution in [2.24, 2.45) is 34.0 Å². The highest BCUT2D eigenvalue weighted by atomic mass is 16.6. The van der Waals surface area contributed by atoms with Crippen molar-refractivity contribution in [3.05, 3.63) is 0 Å². The van der Waals surface area contributed by atoms with Gasteiger partial charge in [-0.25, -0.2) is 0 Å². The maximum atomic E-state index is 12.7. The molecular formula is C30H48O8. The molecule has 38 heavy (non-hydrogen) atoms. The van der Waals surface area contributed by atoms with Gasteiger partial charge < -0.3 is 24.4 Å². The van der Waals surface area contributed by atoms with E-state index in [1.807, 2.05) is 27.7 Å². The molecular weight excluding hydrogens is 488 g/mol. The number of carbonyl (C=O) groups is 3. The van der Waals surface area contributed by atoms with Crippen molar-refractivity contribution in [3.63, 3.8) is 0 Å². The number of fused-ring (bicyclic) bond motifs is 5. The molecule has 0 aliphatic heterocycles. The van der Waals surface area contributed by atoms with E-state index in [9.17, 15) is 24.6 Å². The molecule has 9 atom stereocenters. The van der Waals surface area contributed by atoms with Gasteiger partial charge in [0.15, 0.2) is 0 Å². The molecule has 8 nitrogen and oxygen atoms in total. The second-order valence-corrected chi connectivity index (χ2v) is 14.1. The molecule has 2 N–H and O–H groups in total. The van der Waals surface area contributed by atoms with Crippen LogP contribution in [-0.4, -0.2) is 58.1 Å². The number of carbonyl (C=O) groups excluding carboxylic acids is 3. The van der Waals surface area contributed by atoms with Crippen LogP contribution < -0.4 is 0 Å². The highest BCUT2D eigenvalue weighted by Gasteiger charge is 2.75. The molecule has 0 aromatic rings. The molecule has 3 unspecified atom stereocenters. The third-order valence-electron chi connectivity index (χ3n) is 11.0. The first-order chi connectivity index (χ1) is 17.5. The van der Waals surface area contributed by atoms with Crippen molar-refractivity contribution in [2.45, 2.75) is 130 Å². The Morgan fingerprint density at radius 3 is 2.24 bits per heavy atom. The Morgan fingerprint density at radius 1 is 0.947 bits per heavy atom. The maximum Gasteiger partial charge on any atom is 0.311 e. The number of hydrogen-bond donors (Lipinski definition) is 2. The van der Waals surface area contributed by atoms with E-state index in [2.05, 4.69) is 6.92 Å². The molecule has 0 aromatic carbocycles. The van der Waals surface area contributed by atoms with Gasteiger partial charge in [0.05, 0.1) is 23.2 Å². The Balaban J connectivity index is 1.65. The molecule has 4 rings (SSSR count). The summed E-state index contributed by atoms with van der Waals surface area (Å²) in [4.78, 5) is 36.3. The van der Waals surface area contributed by atoms with Crippen LogP contribution >= 0.6 is 0 Å². The summed E-state index contributed by atoms with van der Waals surface area (Å²) in [5, 5.41) is 25.1. The van der Waals surface area contributed by atoms with Crippen molar-refractivity contribution in [2.75, 3.05) is 6.61 Å². The fraction of sp³-hybridized carbons (Fsp3) is 0.900. The normalized spacial score (nSPS) is 43.2. The fourth-order valence-electron chi connectivity index (χ4n) is 9.10. The average molecular weight is 537 g/mol. The SMILES string of the molecule is CC(=O)OC[C@]12CCC(OC(C)=O)CC1CC[C@]1(O)[C@@H]2CC[C@]2(C)[C@@H](C(C)OC(=O)C(C)(C)C)CC[C@]21O. The minimum atomic E-state index is -1.35. The minimum Gasteiger partial charge on any atom is -0.465 e. The Hall–Kier alpha value is -1.67. The molecule has 4 aliphatic carbocycles. The molecule has 0 radical (unpaired) electrons. The first-order valence-electron chi connectivity index (χ1n) is 14.5. The lowest BCUT2D eigenvalue weighted by Gasteiger charge is -2.67. The summed E-state index contributed by atoms with van der Waals surface area (Å²) in [5.41, 5.74) is -4.44. The first kappa shape index (κ1) is 29.3. The van der Waals surface area contributed by atoms with Crippen molar-refractivity contribution in [1.29, 1.82) is 0 Å². The van der Waals surface area contributed by atoms with Crippen molar-refractivity contribution >= 4 is 17.9 Å². The molecule has 4 saturated carbocycles. The standard InChI is InChI=1S/C30H48O8/c1-18(37-25(33)26(4,5)6)23-10-15-30(35)27(23,7)12-11-24-28(17-36-19(2)31)13-9-22(38-20(3)32)16-21(28)8-14-29(24,30)34/h18,21-24,34-35H,8-17H2,1-7H3/t18?,21?,22?,23-,24-,27-,28-,29+,30+/m1/s1. The summed E-state index contributed by atoms with van der Waals surface area (Å²) in [6, 6.07) is 0. The fourth-order valence-corrected chi connectivity index (χ4v) is 9.10. The molecule has 0 heterocycles. The molecule has 0 spiro atoms. The summed E-state index contributed by atoms with van der Waals surface area (Å²) in [7, 11) is 0. The molecule has 0 saturated heterocycles. The van der Waals surface area contributed by atoms with E-state index in [1.54, 1.807) is 0 Å². The topological polar surface area (TPSA) is 119 Å². The lowest BCUT2D eigenvalue weighted by molar-refractivity contribution is -0.307. The summed E-state index contributed by atoms with van der Waals surface area (Å²) in [6.45, 7) is 12.5. The lowest BCUT2D eigenvalue weighted by atomic mass is 9.41. The van der Waals surface area contributed by atoms with Gasteiger partial charge in [0.1, 0.15) is 12.2 Å². The smallest absolute Gasteiger partial charge is 0.311 e. The third kappa shape index (κ3) is 4.47. The van der Waals surface area contributed by atoms with Gasteiger partial charge in [-0.2, -0.15) is 0 Å². The summed E-state index contributed by atoms with van der Waals surface area (Å²) in [6.07, 6.45) is 4.96. The lowest BCUT2D eigenvalue weighted by Crippen LogP contribution is -2.74. The van der Waals surface area contributed by atoms with Crippen LogP contribution in [0.2, 0.25) is 0 Å². The summed E-state index contributed by atoms with van der Waals surface area (Å²) in [5.74, 6) is -1.13. The van der Waals surface area contributed by atoms with Crippen molar-refractivity contribution in [3.8, 4) is 0 Å². The Kier molecular flexibility index (Phi) is 7.53. The van der Waals surface area contributed by atoms with Crippen LogP contribution in [0.4, 0.5) is 0 Å². The molecule has 8 heteroatoms. The Bertz CT molecular complexity index is 956. The van der Waals surface area contributed by atoms with Gasteiger partial charge in [-0.05, 0) is 97.3 Å². The van der Waals surface area contributed by atoms with Gasteiger partial charge in [-0.3, -0.25) is 14.4 Å². The average Bonchev–Trinajstić information content (AvgIpc) is 3.09. The zero-order chi connectivity index (χ0) is 28.3. The van der Waals surface area contributed by atoms with Gasteiger partial charge in [0.2, 0.25) is 0 Å². The minimum absolute atomic E-state index is 0.0781. The summed E-state index contributed by atoms with van der Waals surface area (Å²) < 4.78 is 17.1. The Labute approximate surface area is 227 Å². The molecule has 0 amide bonds. The van der Waals surface area contributed by atoms with Gasteiger partial charge in [0, 0.05) is 30.6 Å². The van der Waals surface area contributed by atoms with E-state index < -0.39 is 27.4 Å².